The molecule has 0 bridgehead atoms. The molecule has 0 unspecified atom stereocenters. The Kier molecular flexibility index (Phi) is 6.03. The molecule has 0 aliphatic carbocycles. The summed E-state index contributed by atoms with van der Waals surface area (Å²) in [5, 5.41) is 20.1. The smallest absolute Gasteiger partial charge is 0.293 e. The minimum absolute atomic E-state index is 0.0618. The molecular weight excluding hydrogens is 370 g/mol. The van der Waals surface area contributed by atoms with Gasteiger partial charge in [0.15, 0.2) is 11.9 Å². The van der Waals surface area contributed by atoms with Gasteiger partial charge in [0.25, 0.3) is 5.91 Å². The zero-order valence-corrected chi connectivity index (χ0v) is 15.8. The zero-order chi connectivity index (χ0) is 20.8. The van der Waals surface area contributed by atoms with Gasteiger partial charge >= 0.3 is 0 Å². The van der Waals surface area contributed by atoms with Crippen molar-refractivity contribution in [1.82, 2.24) is 20.2 Å². The molecule has 0 fully saturated rings. The van der Waals surface area contributed by atoms with E-state index in [0.29, 0.717) is 25.3 Å². The first kappa shape index (κ1) is 19.8. The molecule has 2 aromatic rings. The Labute approximate surface area is 168 Å². The van der Waals surface area contributed by atoms with Crippen molar-refractivity contribution in [3.8, 4) is 0 Å². The van der Waals surface area contributed by atoms with Crippen LogP contribution >= 0.6 is 0 Å². The normalized spacial score (nSPS) is 13.4. The van der Waals surface area contributed by atoms with E-state index in [9.17, 15) is 4.79 Å². The quantitative estimate of drug-likeness (QED) is 0.320. The van der Waals surface area contributed by atoms with Gasteiger partial charge < -0.3 is 27.0 Å². The summed E-state index contributed by atoms with van der Waals surface area (Å²) in [4.78, 5) is 22.5. The van der Waals surface area contributed by atoms with Gasteiger partial charge in [-0.3, -0.25) is 15.6 Å². The van der Waals surface area contributed by atoms with Crippen LogP contribution in [-0.4, -0.2) is 45.8 Å². The van der Waals surface area contributed by atoms with Gasteiger partial charge in [-0.25, -0.2) is 9.97 Å². The minimum Gasteiger partial charge on any atom is -0.370 e. The van der Waals surface area contributed by atoms with Crippen molar-refractivity contribution < 1.29 is 4.79 Å². The van der Waals surface area contributed by atoms with E-state index in [4.69, 9.17) is 22.3 Å². The molecule has 29 heavy (non-hydrogen) atoms. The van der Waals surface area contributed by atoms with Gasteiger partial charge in [0.2, 0.25) is 5.82 Å². The highest BCUT2D eigenvalue weighted by atomic mass is 16.2. The number of benzene rings is 1. The van der Waals surface area contributed by atoms with Gasteiger partial charge in [-0.2, -0.15) is 0 Å². The highest BCUT2D eigenvalue weighted by Gasteiger charge is 2.15. The monoisotopic (exact) mass is 393 g/mol. The van der Waals surface area contributed by atoms with Crippen LogP contribution in [0, 0.1) is 10.8 Å². The molecule has 10 heteroatoms. The van der Waals surface area contributed by atoms with Crippen LogP contribution in [0.3, 0.4) is 0 Å². The van der Waals surface area contributed by atoms with Gasteiger partial charge in [0.1, 0.15) is 0 Å². The zero-order valence-electron chi connectivity index (χ0n) is 15.8. The molecule has 8 N–H and O–H groups in total. The third kappa shape index (κ3) is 5.28. The lowest BCUT2D eigenvalue weighted by molar-refractivity contribution is 0.101. The number of anilines is 1. The van der Waals surface area contributed by atoms with E-state index >= 15 is 0 Å². The second kappa shape index (κ2) is 8.83. The van der Waals surface area contributed by atoms with Crippen molar-refractivity contribution in [1.29, 1.82) is 10.8 Å². The van der Waals surface area contributed by atoms with Crippen LogP contribution in [0.15, 0.2) is 42.7 Å². The van der Waals surface area contributed by atoms with Gasteiger partial charge in [0.05, 0.1) is 0 Å². The lowest BCUT2D eigenvalue weighted by Gasteiger charge is -2.26. The lowest BCUT2D eigenvalue weighted by atomic mass is 10.0. The first-order valence-corrected chi connectivity index (χ1v) is 9.01. The van der Waals surface area contributed by atoms with E-state index in [-0.39, 0.29) is 17.7 Å². The molecule has 1 amide bonds. The SMILES string of the molecule is N=C(N)NCc1ccc(NC(=O)c2ncc(C3=CCN(C(=N)N)CC3)cn2)cc1. The van der Waals surface area contributed by atoms with E-state index in [1.54, 1.807) is 29.4 Å². The van der Waals surface area contributed by atoms with E-state index in [1.165, 1.54) is 0 Å². The van der Waals surface area contributed by atoms with Crippen molar-refractivity contribution in [2.24, 2.45) is 11.5 Å². The summed E-state index contributed by atoms with van der Waals surface area (Å²) in [5.74, 6) is -0.348. The molecule has 3 rings (SSSR count). The Balaban J connectivity index is 1.59. The number of nitrogens with two attached hydrogens (primary N) is 2. The molecule has 1 aliphatic heterocycles. The number of aromatic nitrogens is 2. The summed E-state index contributed by atoms with van der Waals surface area (Å²) in [6.45, 7) is 1.68. The second-order valence-electron chi connectivity index (χ2n) is 6.52. The molecule has 1 aliphatic rings. The molecule has 0 radical (unpaired) electrons. The Morgan fingerprint density at radius 3 is 2.38 bits per heavy atom. The highest BCUT2D eigenvalue weighted by molar-refractivity contribution is 6.01. The van der Waals surface area contributed by atoms with Crippen molar-refractivity contribution in [3.63, 3.8) is 0 Å². The maximum atomic E-state index is 12.4. The molecule has 2 heterocycles. The fourth-order valence-electron chi connectivity index (χ4n) is 2.85. The summed E-state index contributed by atoms with van der Waals surface area (Å²) in [7, 11) is 0. The Bertz CT molecular complexity index is 935. The van der Waals surface area contributed by atoms with E-state index in [1.807, 2.05) is 18.2 Å². The van der Waals surface area contributed by atoms with Gasteiger partial charge in [-0.05, 0) is 29.7 Å². The first-order chi connectivity index (χ1) is 13.9. The van der Waals surface area contributed by atoms with Gasteiger partial charge in [-0.15, -0.1) is 0 Å². The second-order valence-corrected chi connectivity index (χ2v) is 6.52. The molecule has 1 aromatic carbocycles. The molecule has 150 valence electrons. The van der Waals surface area contributed by atoms with Gasteiger partial charge in [0, 0.05) is 43.3 Å². The number of carbonyl (C=O) groups excluding carboxylic acids is 1. The number of hydrogen-bond acceptors (Lipinski definition) is 5. The number of guanidine groups is 2. The Morgan fingerprint density at radius 1 is 1.14 bits per heavy atom. The first-order valence-electron chi connectivity index (χ1n) is 9.01. The average molecular weight is 393 g/mol. The Morgan fingerprint density at radius 2 is 1.83 bits per heavy atom. The number of hydrogen-bond donors (Lipinski definition) is 6. The fourth-order valence-corrected chi connectivity index (χ4v) is 2.85. The maximum Gasteiger partial charge on any atom is 0.293 e. The molecule has 0 atom stereocenters. The molecular formula is C19H23N9O. The van der Waals surface area contributed by atoms with E-state index in [0.717, 1.165) is 23.1 Å². The number of amides is 1. The average Bonchev–Trinajstić information content (AvgIpc) is 2.73. The van der Waals surface area contributed by atoms with E-state index < -0.39 is 5.91 Å². The number of carbonyl (C=O) groups is 1. The summed E-state index contributed by atoms with van der Waals surface area (Å²) in [5.41, 5.74) is 14.2. The minimum atomic E-state index is -0.397. The molecule has 10 nitrogen and oxygen atoms in total. The number of rotatable bonds is 5. The largest absolute Gasteiger partial charge is 0.370 e. The summed E-state index contributed by atoms with van der Waals surface area (Å²) in [6.07, 6.45) is 5.99. The van der Waals surface area contributed by atoms with Crippen molar-refractivity contribution in [2.75, 3.05) is 18.4 Å². The molecule has 0 saturated heterocycles. The number of nitrogens with one attached hydrogen (secondary N) is 4. The van der Waals surface area contributed by atoms with Crippen molar-refractivity contribution >= 4 is 29.1 Å². The van der Waals surface area contributed by atoms with Crippen LogP contribution < -0.4 is 22.1 Å². The summed E-state index contributed by atoms with van der Waals surface area (Å²) >= 11 is 0. The highest BCUT2D eigenvalue weighted by Crippen LogP contribution is 2.21. The third-order valence-electron chi connectivity index (χ3n) is 4.47. The van der Waals surface area contributed by atoms with Crippen LogP contribution in [0.1, 0.15) is 28.2 Å². The van der Waals surface area contributed by atoms with Gasteiger partial charge in [-0.1, -0.05) is 18.2 Å². The number of nitrogens with zero attached hydrogens (tertiary/aromatic N) is 3. The summed E-state index contributed by atoms with van der Waals surface area (Å²) in [6, 6.07) is 7.18. The van der Waals surface area contributed by atoms with Crippen LogP contribution in [-0.2, 0) is 6.54 Å². The van der Waals surface area contributed by atoms with Crippen LogP contribution in [0.5, 0.6) is 0 Å². The van der Waals surface area contributed by atoms with Crippen LogP contribution in [0.4, 0.5) is 5.69 Å². The van der Waals surface area contributed by atoms with Crippen molar-refractivity contribution in [2.45, 2.75) is 13.0 Å². The Hall–Kier alpha value is -3.95. The maximum absolute atomic E-state index is 12.4. The molecule has 1 aromatic heterocycles. The molecule has 0 saturated carbocycles. The topological polar surface area (TPSA) is 170 Å². The standard InChI is InChI=1S/C19H23N9O/c20-18(21)26-9-12-1-3-15(4-2-12)27-17(29)16-24-10-14(11-25-16)13-5-7-28(8-6-13)19(22)23/h1-5,10-11H,6-9H2,(H3,22,23)(H,27,29)(H4,20,21,26). The predicted molar refractivity (Wildman–Crippen MR) is 111 cm³/mol. The lowest BCUT2D eigenvalue weighted by Crippen LogP contribution is -2.39. The summed E-state index contributed by atoms with van der Waals surface area (Å²) < 4.78 is 0. The molecule has 0 spiro atoms. The third-order valence-corrected chi connectivity index (χ3v) is 4.47. The van der Waals surface area contributed by atoms with Crippen molar-refractivity contribution in [3.05, 3.63) is 59.7 Å². The fraction of sp³-hybridized carbons (Fsp3) is 0.211. The predicted octanol–water partition coefficient (Wildman–Crippen LogP) is 0.695. The van der Waals surface area contributed by atoms with E-state index in [2.05, 4.69) is 20.6 Å². The van der Waals surface area contributed by atoms with Crippen LogP contribution in [0.25, 0.3) is 5.57 Å². The van der Waals surface area contributed by atoms with Crippen LogP contribution in [0.2, 0.25) is 0 Å².